The van der Waals surface area contributed by atoms with Crippen LogP contribution in [-0.4, -0.2) is 13.0 Å². The highest BCUT2D eigenvalue weighted by molar-refractivity contribution is 7.98. The summed E-state index contributed by atoms with van der Waals surface area (Å²) in [5.41, 5.74) is 2.35. The van der Waals surface area contributed by atoms with Gasteiger partial charge in [0.1, 0.15) is 5.75 Å². The van der Waals surface area contributed by atoms with Gasteiger partial charge in [-0.3, -0.25) is 4.79 Å². The van der Waals surface area contributed by atoms with Crippen molar-refractivity contribution in [3.05, 3.63) is 101 Å². The Hall–Kier alpha value is -2.95. The fourth-order valence-electron chi connectivity index (χ4n) is 3.25. The third kappa shape index (κ3) is 4.61. The molecule has 4 aromatic carbocycles. The summed E-state index contributed by atoms with van der Waals surface area (Å²) in [7, 11) is 1.64. The van der Waals surface area contributed by atoms with Gasteiger partial charge in [0, 0.05) is 37.9 Å². The molecule has 0 aliphatic rings. The first-order valence-corrected chi connectivity index (χ1v) is 10.8. The lowest BCUT2D eigenvalue weighted by Crippen LogP contribution is -2.12. The molecule has 0 fully saturated rings. The lowest BCUT2D eigenvalue weighted by molar-refractivity contribution is 0.102. The van der Waals surface area contributed by atoms with Crippen molar-refractivity contribution in [1.82, 2.24) is 0 Å². The first kappa shape index (κ1) is 20.3. The van der Waals surface area contributed by atoms with Crippen LogP contribution in [0.15, 0.2) is 89.8 Å². The Morgan fingerprint density at radius 3 is 2.53 bits per heavy atom. The number of carbonyl (C=O) groups excluding carboxylic acids is 1. The molecule has 1 amide bonds. The molecule has 5 heteroatoms. The summed E-state index contributed by atoms with van der Waals surface area (Å²) in [5, 5.41) is 5.86. The summed E-state index contributed by atoms with van der Waals surface area (Å²) in [6.07, 6.45) is 0. The van der Waals surface area contributed by atoms with Gasteiger partial charge in [0.15, 0.2) is 0 Å². The minimum atomic E-state index is -0.147. The third-order valence-corrected chi connectivity index (χ3v) is 6.10. The van der Waals surface area contributed by atoms with Gasteiger partial charge in [0.05, 0.1) is 7.11 Å². The molecule has 150 valence electrons. The molecule has 0 bridgehead atoms. The molecule has 0 saturated heterocycles. The van der Waals surface area contributed by atoms with E-state index in [4.69, 9.17) is 16.3 Å². The predicted octanol–water partition coefficient (Wildman–Crippen LogP) is 7.05. The molecule has 0 aliphatic heterocycles. The fraction of sp³-hybridized carbons (Fsp3) is 0.0800. The highest BCUT2D eigenvalue weighted by Gasteiger charge is 2.12. The maximum Gasteiger partial charge on any atom is 0.255 e. The molecule has 0 aromatic heterocycles. The molecular formula is C25H20ClNO2S. The molecule has 0 spiro atoms. The van der Waals surface area contributed by atoms with E-state index in [2.05, 4.69) is 5.32 Å². The van der Waals surface area contributed by atoms with Crippen LogP contribution in [0, 0.1) is 0 Å². The second-order valence-corrected chi connectivity index (χ2v) is 8.24. The average Bonchev–Trinajstić information content (AvgIpc) is 2.78. The van der Waals surface area contributed by atoms with Crippen molar-refractivity contribution in [3.63, 3.8) is 0 Å². The second kappa shape index (κ2) is 9.24. The van der Waals surface area contributed by atoms with Gasteiger partial charge in [-0.25, -0.2) is 0 Å². The van der Waals surface area contributed by atoms with Crippen molar-refractivity contribution in [3.8, 4) is 5.75 Å². The summed E-state index contributed by atoms with van der Waals surface area (Å²) in [6.45, 7) is 0. The van der Waals surface area contributed by atoms with Crippen LogP contribution in [0.1, 0.15) is 15.9 Å². The molecule has 0 heterocycles. The summed E-state index contributed by atoms with van der Waals surface area (Å²) < 4.78 is 5.50. The van der Waals surface area contributed by atoms with Crippen LogP contribution in [0.5, 0.6) is 5.75 Å². The highest BCUT2D eigenvalue weighted by Crippen LogP contribution is 2.30. The maximum absolute atomic E-state index is 12.9. The Morgan fingerprint density at radius 1 is 0.967 bits per heavy atom. The minimum absolute atomic E-state index is 0.147. The van der Waals surface area contributed by atoms with E-state index in [9.17, 15) is 4.79 Å². The molecule has 4 rings (SSSR count). The Bertz CT molecular complexity index is 1190. The molecule has 1 N–H and O–H groups in total. The van der Waals surface area contributed by atoms with Crippen LogP contribution in [0.4, 0.5) is 5.69 Å². The Kier molecular flexibility index (Phi) is 6.26. The van der Waals surface area contributed by atoms with Gasteiger partial charge >= 0.3 is 0 Å². The molecule has 0 atom stereocenters. The van der Waals surface area contributed by atoms with Gasteiger partial charge in [0.25, 0.3) is 5.91 Å². The molecule has 0 aliphatic carbocycles. The van der Waals surface area contributed by atoms with Crippen LogP contribution >= 0.6 is 23.4 Å². The first-order chi connectivity index (χ1) is 14.6. The SMILES string of the molecule is COc1ccc(C(=O)Nc2cccc3ccccc23)cc1CSc1ccc(Cl)cc1. The van der Waals surface area contributed by atoms with Crippen molar-refractivity contribution < 1.29 is 9.53 Å². The number of hydrogen-bond acceptors (Lipinski definition) is 3. The zero-order valence-corrected chi connectivity index (χ0v) is 18.0. The zero-order valence-electron chi connectivity index (χ0n) is 16.4. The van der Waals surface area contributed by atoms with Gasteiger partial charge < -0.3 is 10.1 Å². The predicted molar refractivity (Wildman–Crippen MR) is 126 cm³/mol. The standard InChI is InChI=1S/C25H20ClNO2S/c1-29-24-14-9-18(15-19(24)16-30-21-12-10-20(26)11-13-21)25(28)27-23-8-4-6-17-5-2-3-7-22(17)23/h2-15H,16H2,1H3,(H,27,28). The van der Waals surface area contributed by atoms with Crippen LogP contribution in [0.2, 0.25) is 5.02 Å². The number of hydrogen-bond donors (Lipinski definition) is 1. The minimum Gasteiger partial charge on any atom is -0.496 e. The monoisotopic (exact) mass is 433 g/mol. The topological polar surface area (TPSA) is 38.3 Å². The summed E-state index contributed by atoms with van der Waals surface area (Å²) in [4.78, 5) is 14.1. The summed E-state index contributed by atoms with van der Waals surface area (Å²) >= 11 is 7.63. The van der Waals surface area contributed by atoms with Gasteiger partial charge in [-0.2, -0.15) is 0 Å². The molecule has 4 aromatic rings. The second-order valence-electron chi connectivity index (χ2n) is 6.75. The molecular weight excluding hydrogens is 414 g/mol. The van der Waals surface area contributed by atoms with E-state index in [-0.39, 0.29) is 5.91 Å². The summed E-state index contributed by atoms with van der Waals surface area (Å²) in [5.74, 6) is 1.30. The number of carbonyl (C=O) groups is 1. The van der Waals surface area contributed by atoms with Crippen molar-refractivity contribution in [2.75, 3.05) is 12.4 Å². The normalized spacial score (nSPS) is 10.7. The average molecular weight is 434 g/mol. The van der Waals surface area contributed by atoms with E-state index in [0.717, 1.165) is 32.7 Å². The van der Waals surface area contributed by atoms with Gasteiger partial charge in [0.2, 0.25) is 0 Å². The van der Waals surface area contributed by atoms with Crippen LogP contribution in [0.25, 0.3) is 10.8 Å². The Morgan fingerprint density at radius 2 is 1.73 bits per heavy atom. The molecule has 0 radical (unpaired) electrons. The number of nitrogens with one attached hydrogen (secondary N) is 1. The van der Waals surface area contributed by atoms with E-state index in [0.29, 0.717) is 16.3 Å². The largest absolute Gasteiger partial charge is 0.496 e. The number of thioether (sulfide) groups is 1. The molecule has 0 saturated carbocycles. The quantitative estimate of drug-likeness (QED) is 0.331. The van der Waals surface area contributed by atoms with Crippen molar-refractivity contribution in [1.29, 1.82) is 0 Å². The smallest absolute Gasteiger partial charge is 0.255 e. The van der Waals surface area contributed by atoms with Crippen LogP contribution < -0.4 is 10.1 Å². The van der Waals surface area contributed by atoms with E-state index < -0.39 is 0 Å². The Balaban J connectivity index is 1.55. The van der Waals surface area contributed by atoms with Crippen molar-refractivity contribution >= 4 is 45.7 Å². The van der Waals surface area contributed by atoms with E-state index in [1.165, 1.54) is 0 Å². The van der Waals surface area contributed by atoms with Crippen LogP contribution in [0.3, 0.4) is 0 Å². The van der Waals surface area contributed by atoms with Crippen molar-refractivity contribution in [2.45, 2.75) is 10.6 Å². The zero-order chi connectivity index (χ0) is 20.9. The lowest BCUT2D eigenvalue weighted by atomic mass is 10.1. The lowest BCUT2D eigenvalue weighted by Gasteiger charge is -2.12. The van der Waals surface area contributed by atoms with Gasteiger partial charge in [-0.15, -0.1) is 11.8 Å². The molecule has 30 heavy (non-hydrogen) atoms. The maximum atomic E-state index is 12.9. The number of rotatable bonds is 6. The number of fused-ring (bicyclic) bond motifs is 1. The first-order valence-electron chi connectivity index (χ1n) is 9.48. The van der Waals surface area contributed by atoms with Gasteiger partial charge in [-0.1, -0.05) is 48.0 Å². The van der Waals surface area contributed by atoms with Gasteiger partial charge in [-0.05, 0) is 53.9 Å². The van der Waals surface area contributed by atoms with E-state index in [1.54, 1.807) is 24.9 Å². The number of methoxy groups -OCH3 is 1. The summed E-state index contributed by atoms with van der Waals surface area (Å²) in [6, 6.07) is 27.1. The number of amides is 1. The third-order valence-electron chi connectivity index (χ3n) is 4.79. The molecule has 0 unspecified atom stereocenters. The number of benzene rings is 4. The van der Waals surface area contributed by atoms with Crippen molar-refractivity contribution in [2.24, 2.45) is 0 Å². The highest BCUT2D eigenvalue weighted by atomic mass is 35.5. The number of halogens is 1. The van der Waals surface area contributed by atoms with E-state index >= 15 is 0 Å². The molecule has 3 nitrogen and oxygen atoms in total. The van der Waals surface area contributed by atoms with Crippen LogP contribution in [-0.2, 0) is 5.75 Å². The fourth-order valence-corrected chi connectivity index (χ4v) is 4.26. The Labute approximate surface area is 185 Å². The number of ether oxygens (including phenoxy) is 1. The van der Waals surface area contributed by atoms with E-state index in [1.807, 2.05) is 78.9 Å². The number of anilines is 1.